The lowest BCUT2D eigenvalue weighted by Gasteiger charge is -2.34. The Morgan fingerprint density at radius 1 is 1.26 bits per heavy atom. The van der Waals surface area contributed by atoms with E-state index in [1.165, 1.54) is 0 Å². The molecule has 146 valence electrons. The summed E-state index contributed by atoms with van der Waals surface area (Å²) in [6, 6.07) is 7.22. The zero-order valence-electron chi connectivity index (χ0n) is 15.8. The van der Waals surface area contributed by atoms with Gasteiger partial charge in [0.05, 0.1) is 13.2 Å². The molecular formula is C21H26ClNO4. The van der Waals surface area contributed by atoms with Crippen LogP contribution in [0.1, 0.15) is 44.6 Å². The third-order valence-corrected chi connectivity index (χ3v) is 5.61. The number of ketones is 1. The van der Waals surface area contributed by atoms with Crippen molar-refractivity contribution in [1.29, 1.82) is 0 Å². The number of benzene rings is 1. The summed E-state index contributed by atoms with van der Waals surface area (Å²) in [5, 5.41) is 11.2. The summed E-state index contributed by atoms with van der Waals surface area (Å²) in [4.78, 5) is 27.5. The molecule has 5 nitrogen and oxygen atoms in total. The molecule has 0 bridgehead atoms. The van der Waals surface area contributed by atoms with Gasteiger partial charge < -0.3 is 14.7 Å². The lowest BCUT2D eigenvalue weighted by Crippen LogP contribution is -2.41. The number of ether oxygens (including phenoxy) is 1. The number of carbonyl (C=O) groups is 2. The van der Waals surface area contributed by atoms with Gasteiger partial charge in [0.1, 0.15) is 5.76 Å². The Hall–Kier alpha value is -1.85. The number of aliphatic hydroxyl groups excluding tert-OH is 1. The van der Waals surface area contributed by atoms with Gasteiger partial charge in [-0.05, 0) is 17.0 Å². The molecule has 1 fully saturated rings. The molecule has 1 aliphatic heterocycles. The second-order valence-electron chi connectivity index (χ2n) is 8.07. The number of carbonyl (C=O) groups excluding carboxylic acids is 2. The van der Waals surface area contributed by atoms with E-state index >= 15 is 0 Å². The van der Waals surface area contributed by atoms with Crippen molar-refractivity contribution in [2.24, 2.45) is 5.41 Å². The Bertz CT molecular complexity index is 765. The molecule has 0 spiro atoms. The third-order valence-electron chi connectivity index (χ3n) is 5.27. The van der Waals surface area contributed by atoms with E-state index in [9.17, 15) is 14.7 Å². The maximum atomic E-state index is 12.9. The van der Waals surface area contributed by atoms with Gasteiger partial charge in [-0.25, -0.2) is 0 Å². The molecule has 1 saturated heterocycles. The number of rotatable bonds is 4. The predicted octanol–water partition coefficient (Wildman–Crippen LogP) is 3.87. The molecular weight excluding hydrogens is 366 g/mol. The Morgan fingerprint density at radius 3 is 2.56 bits per heavy atom. The van der Waals surface area contributed by atoms with E-state index in [1.54, 1.807) is 11.0 Å². The van der Waals surface area contributed by atoms with Crippen LogP contribution in [-0.4, -0.2) is 48.0 Å². The quantitative estimate of drug-likeness (QED) is 0.845. The highest BCUT2D eigenvalue weighted by molar-refractivity contribution is 6.31. The molecule has 3 rings (SSSR count). The van der Waals surface area contributed by atoms with Crippen LogP contribution in [-0.2, 0) is 14.3 Å². The molecule has 2 aliphatic rings. The Morgan fingerprint density at radius 2 is 1.93 bits per heavy atom. The number of hydrogen-bond donors (Lipinski definition) is 1. The summed E-state index contributed by atoms with van der Waals surface area (Å²) >= 11 is 6.40. The fourth-order valence-electron chi connectivity index (χ4n) is 3.94. The average molecular weight is 392 g/mol. The van der Waals surface area contributed by atoms with Crippen molar-refractivity contribution >= 4 is 23.3 Å². The van der Waals surface area contributed by atoms with Crippen LogP contribution < -0.4 is 0 Å². The predicted molar refractivity (Wildman–Crippen MR) is 104 cm³/mol. The van der Waals surface area contributed by atoms with Gasteiger partial charge in [0, 0.05) is 48.9 Å². The summed E-state index contributed by atoms with van der Waals surface area (Å²) < 4.78 is 5.31. The van der Waals surface area contributed by atoms with Crippen LogP contribution in [0.3, 0.4) is 0 Å². The van der Waals surface area contributed by atoms with Crippen molar-refractivity contribution in [1.82, 2.24) is 4.90 Å². The summed E-state index contributed by atoms with van der Waals surface area (Å²) in [5.74, 6) is -0.627. The molecule has 0 radical (unpaired) electrons. The minimum atomic E-state index is -0.544. The minimum Gasteiger partial charge on any atom is -0.512 e. The van der Waals surface area contributed by atoms with Crippen LogP contribution in [0.4, 0.5) is 0 Å². The number of allylic oxidation sites excluding steroid dienone is 2. The van der Waals surface area contributed by atoms with Crippen LogP contribution in [0.25, 0.3) is 0 Å². The standard InChI is InChI=1S/C21H26ClNO4/c1-21(2)12-17(24)20(18(25)13-21)15(14-5-3-4-6-16(14)22)11-19(26)23-7-9-27-10-8-23/h3-6,15,24H,7-13H2,1-2H3. The highest BCUT2D eigenvalue weighted by atomic mass is 35.5. The molecule has 1 N–H and O–H groups in total. The number of nitrogens with zero attached hydrogens (tertiary/aromatic N) is 1. The SMILES string of the molecule is CC1(C)CC(=O)C(C(CC(=O)N2CCOCC2)c2ccccc2Cl)=C(O)C1. The van der Waals surface area contributed by atoms with Crippen molar-refractivity contribution in [3.05, 3.63) is 46.2 Å². The van der Waals surface area contributed by atoms with Crippen LogP contribution in [0.5, 0.6) is 0 Å². The maximum Gasteiger partial charge on any atom is 0.223 e. The molecule has 1 heterocycles. The second-order valence-corrected chi connectivity index (χ2v) is 8.48. The zero-order valence-corrected chi connectivity index (χ0v) is 16.6. The molecule has 0 saturated carbocycles. The summed E-state index contributed by atoms with van der Waals surface area (Å²) in [6.07, 6.45) is 0.870. The normalized spacial score (nSPS) is 21.3. The highest BCUT2D eigenvalue weighted by Gasteiger charge is 2.38. The molecule has 0 aromatic heterocycles. The molecule has 1 atom stereocenters. The first kappa shape index (κ1) is 19.9. The van der Waals surface area contributed by atoms with E-state index < -0.39 is 5.92 Å². The van der Waals surface area contributed by atoms with Crippen LogP contribution in [0.2, 0.25) is 5.02 Å². The van der Waals surface area contributed by atoms with Crippen molar-refractivity contribution < 1.29 is 19.4 Å². The van der Waals surface area contributed by atoms with Gasteiger partial charge in [0.25, 0.3) is 0 Å². The molecule has 1 unspecified atom stereocenters. The van der Waals surface area contributed by atoms with E-state index in [-0.39, 0.29) is 29.3 Å². The summed E-state index contributed by atoms with van der Waals surface area (Å²) in [5.41, 5.74) is 0.753. The smallest absolute Gasteiger partial charge is 0.223 e. The first-order valence-electron chi connectivity index (χ1n) is 9.33. The highest BCUT2D eigenvalue weighted by Crippen LogP contribution is 2.43. The lowest BCUT2D eigenvalue weighted by molar-refractivity contribution is -0.135. The number of morpholine rings is 1. The Balaban J connectivity index is 1.97. The fourth-order valence-corrected chi connectivity index (χ4v) is 4.21. The second kappa shape index (κ2) is 8.03. The number of Topliss-reactive ketones (excluding diaryl/α,β-unsaturated/α-hetero) is 1. The number of hydrogen-bond acceptors (Lipinski definition) is 4. The van der Waals surface area contributed by atoms with Gasteiger partial charge in [0.15, 0.2) is 5.78 Å². The van der Waals surface area contributed by atoms with Gasteiger partial charge in [-0.2, -0.15) is 0 Å². The molecule has 1 aliphatic carbocycles. The summed E-state index contributed by atoms with van der Waals surface area (Å²) in [7, 11) is 0. The van der Waals surface area contributed by atoms with Crippen molar-refractivity contribution in [2.45, 2.75) is 39.0 Å². The van der Waals surface area contributed by atoms with Crippen LogP contribution in [0.15, 0.2) is 35.6 Å². The topological polar surface area (TPSA) is 66.8 Å². The first-order chi connectivity index (χ1) is 12.8. The van der Waals surface area contributed by atoms with Gasteiger partial charge in [-0.15, -0.1) is 0 Å². The lowest BCUT2D eigenvalue weighted by atomic mass is 9.72. The largest absolute Gasteiger partial charge is 0.512 e. The van der Waals surface area contributed by atoms with Gasteiger partial charge in [-0.1, -0.05) is 43.6 Å². The molecule has 6 heteroatoms. The van der Waals surface area contributed by atoms with Crippen molar-refractivity contribution in [3.63, 3.8) is 0 Å². The number of aliphatic hydroxyl groups is 1. The third kappa shape index (κ3) is 4.53. The zero-order chi connectivity index (χ0) is 19.6. The van der Waals surface area contributed by atoms with Crippen molar-refractivity contribution in [2.75, 3.05) is 26.3 Å². The van der Waals surface area contributed by atoms with Gasteiger partial charge >= 0.3 is 0 Å². The van der Waals surface area contributed by atoms with E-state index in [4.69, 9.17) is 16.3 Å². The van der Waals surface area contributed by atoms with E-state index in [2.05, 4.69) is 0 Å². The summed E-state index contributed by atoms with van der Waals surface area (Å²) in [6.45, 7) is 6.04. The molecule has 27 heavy (non-hydrogen) atoms. The Labute approximate surface area is 164 Å². The van der Waals surface area contributed by atoms with E-state index in [0.717, 1.165) is 0 Å². The van der Waals surface area contributed by atoms with Crippen molar-refractivity contribution in [3.8, 4) is 0 Å². The number of halogens is 1. The van der Waals surface area contributed by atoms with E-state index in [0.29, 0.717) is 55.3 Å². The molecule has 1 amide bonds. The fraction of sp³-hybridized carbons (Fsp3) is 0.524. The minimum absolute atomic E-state index is 0.0545. The number of amides is 1. The van der Waals surface area contributed by atoms with Crippen LogP contribution in [0, 0.1) is 5.41 Å². The monoisotopic (exact) mass is 391 g/mol. The van der Waals surface area contributed by atoms with Crippen LogP contribution >= 0.6 is 11.6 Å². The average Bonchev–Trinajstić information content (AvgIpc) is 2.60. The van der Waals surface area contributed by atoms with E-state index in [1.807, 2.05) is 32.0 Å². The maximum absolute atomic E-state index is 12.9. The molecule has 1 aromatic rings. The Kier molecular flexibility index (Phi) is 5.92. The van der Waals surface area contributed by atoms with Gasteiger partial charge in [-0.3, -0.25) is 9.59 Å². The first-order valence-corrected chi connectivity index (χ1v) is 9.71. The molecule has 1 aromatic carbocycles. The van der Waals surface area contributed by atoms with Gasteiger partial charge in [0.2, 0.25) is 5.91 Å².